The Hall–Kier alpha value is -3.60. The lowest BCUT2D eigenvalue weighted by Crippen LogP contribution is -2.30. The van der Waals surface area contributed by atoms with Gasteiger partial charge in [0.05, 0.1) is 13.2 Å². The molecule has 1 aliphatic rings. The summed E-state index contributed by atoms with van der Waals surface area (Å²) >= 11 is 0. The topological polar surface area (TPSA) is 58.6 Å². The summed E-state index contributed by atoms with van der Waals surface area (Å²) in [5.74, 6) is 0.337. The minimum absolute atomic E-state index is 0.232. The smallest absolute Gasteiger partial charge is 0.329 e. The van der Waals surface area contributed by atoms with E-state index in [0.717, 1.165) is 27.5 Å². The predicted octanol–water partition coefficient (Wildman–Crippen LogP) is 4.64. The fourth-order valence-electron chi connectivity index (χ4n) is 3.44. The van der Waals surface area contributed by atoms with Gasteiger partial charge in [-0.25, -0.2) is 4.79 Å². The zero-order chi connectivity index (χ0) is 20.4. The quantitative estimate of drug-likeness (QED) is 0.513. The average Bonchev–Trinajstić information content (AvgIpc) is 2.99. The molecular formula is C24H22N2O3. The first kappa shape index (κ1) is 18.7. The third kappa shape index (κ3) is 3.72. The van der Waals surface area contributed by atoms with Gasteiger partial charge in [-0.05, 0) is 42.3 Å². The zero-order valence-electron chi connectivity index (χ0n) is 16.4. The molecule has 0 unspecified atom stereocenters. The Kier molecular flexibility index (Phi) is 5.04. The Balaban J connectivity index is 1.70. The van der Waals surface area contributed by atoms with Gasteiger partial charge in [-0.1, -0.05) is 60.2 Å². The van der Waals surface area contributed by atoms with Crippen molar-refractivity contribution < 1.29 is 14.3 Å². The van der Waals surface area contributed by atoms with Gasteiger partial charge in [-0.15, -0.1) is 0 Å². The summed E-state index contributed by atoms with van der Waals surface area (Å²) in [5.41, 5.74) is 3.07. The highest BCUT2D eigenvalue weighted by molar-refractivity contribution is 6.14. The van der Waals surface area contributed by atoms with Gasteiger partial charge in [0.25, 0.3) is 5.91 Å². The molecule has 1 fully saturated rings. The first-order valence-electron chi connectivity index (χ1n) is 9.61. The predicted molar refractivity (Wildman–Crippen MR) is 113 cm³/mol. The molecule has 3 aromatic carbocycles. The van der Waals surface area contributed by atoms with Gasteiger partial charge < -0.3 is 10.1 Å². The maximum absolute atomic E-state index is 12.9. The van der Waals surface area contributed by atoms with Crippen LogP contribution >= 0.6 is 0 Å². The highest BCUT2D eigenvalue weighted by atomic mass is 16.5. The Morgan fingerprint density at radius 3 is 2.52 bits per heavy atom. The lowest BCUT2D eigenvalue weighted by atomic mass is 10.0. The van der Waals surface area contributed by atoms with Crippen LogP contribution in [0.4, 0.5) is 4.79 Å². The third-order valence-electron chi connectivity index (χ3n) is 4.94. The molecule has 0 atom stereocenters. The van der Waals surface area contributed by atoms with E-state index >= 15 is 0 Å². The number of imide groups is 1. The van der Waals surface area contributed by atoms with Crippen molar-refractivity contribution in [2.24, 2.45) is 0 Å². The number of amides is 3. The molecule has 1 saturated heterocycles. The van der Waals surface area contributed by atoms with Crippen LogP contribution in [0.15, 0.2) is 66.4 Å². The fourth-order valence-corrected chi connectivity index (χ4v) is 3.44. The minimum atomic E-state index is -0.417. The number of aryl methyl sites for hydroxylation is 1. The maximum Gasteiger partial charge on any atom is 0.329 e. The summed E-state index contributed by atoms with van der Waals surface area (Å²) in [6.45, 7) is 4.65. The first-order valence-corrected chi connectivity index (χ1v) is 9.61. The van der Waals surface area contributed by atoms with Crippen molar-refractivity contribution in [3.63, 3.8) is 0 Å². The van der Waals surface area contributed by atoms with E-state index in [0.29, 0.717) is 12.4 Å². The summed E-state index contributed by atoms with van der Waals surface area (Å²) in [7, 11) is 0. The van der Waals surface area contributed by atoms with E-state index in [1.807, 2.05) is 74.5 Å². The number of rotatable bonds is 5. The molecule has 0 aromatic heterocycles. The maximum atomic E-state index is 12.9. The van der Waals surface area contributed by atoms with E-state index in [1.165, 1.54) is 4.90 Å². The van der Waals surface area contributed by atoms with E-state index in [4.69, 9.17) is 4.74 Å². The number of carbonyl (C=O) groups is 2. The highest BCUT2D eigenvalue weighted by Gasteiger charge is 2.33. The summed E-state index contributed by atoms with van der Waals surface area (Å²) in [6.07, 6.45) is 1.71. The number of urea groups is 1. The number of carbonyl (C=O) groups excluding carboxylic acids is 2. The van der Waals surface area contributed by atoms with E-state index in [2.05, 4.69) is 5.32 Å². The van der Waals surface area contributed by atoms with Gasteiger partial charge in [0, 0.05) is 5.56 Å². The van der Waals surface area contributed by atoms with Crippen LogP contribution in [-0.2, 0) is 11.3 Å². The van der Waals surface area contributed by atoms with Crippen LogP contribution < -0.4 is 10.1 Å². The summed E-state index contributed by atoms with van der Waals surface area (Å²) in [5, 5.41) is 4.71. The molecule has 29 heavy (non-hydrogen) atoms. The Bertz CT molecular complexity index is 1120. The van der Waals surface area contributed by atoms with E-state index < -0.39 is 6.03 Å². The van der Waals surface area contributed by atoms with Crippen molar-refractivity contribution in [3.05, 3.63) is 83.1 Å². The van der Waals surface area contributed by atoms with Crippen LogP contribution in [0.3, 0.4) is 0 Å². The monoisotopic (exact) mass is 386 g/mol. The van der Waals surface area contributed by atoms with Crippen LogP contribution in [0.5, 0.6) is 5.75 Å². The molecule has 1 aliphatic heterocycles. The van der Waals surface area contributed by atoms with Crippen LogP contribution in [0, 0.1) is 6.92 Å². The molecule has 0 spiro atoms. The third-order valence-corrected chi connectivity index (χ3v) is 4.94. The normalized spacial score (nSPS) is 15.2. The Morgan fingerprint density at radius 1 is 1.00 bits per heavy atom. The van der Waals surface area contributed by atoms with Gasteiger partial charge in [0.1, 0.15) is 11.4 Å². The van der Waals surface area contributed by atoms with E-state index in [-0.39, 0.29) is 18.1 Å². The molecule has 5 nitrogen and oxygen atoms in total. The second-order valence-corrected chi connectivity index (χ2v) is 7.00. The molecule has 4 rings (SSSR count). The van der Waals surface area contributed by atoms with Crippen molar-refractivity contribution in [1.29, 1.82) is 0 Å². The number of hydrogen-bond donors (Lipinski definition) is 1. The van der Waals surface area contributed by atoms with Crippen molar-refractivity contribution in [2.45, 2.75) is 20.4 Å². The molecule has 0 saturated carbocycles. The molecule has 0 radical (unpaired) electrons. The number of hydrogen-bond acceptors (Lipinski definition) is 3. The lowest BCUT2D eigenvalue weighted by molar-refractivity contribution is -0.123. The fraction of sp³-hybridized carbons (Fsp3) is 0.167. The van der Waals surface area contributed by atoms with Crippen molar-refractivity contribution >= 4 is 28.8 Å². The minimum Gasteiger partial charge on any atom is -0.493 e. The second kappa shape index (κ2) is 7.80. The van der Waals surface area contributed by atoms with Crippen molar-refractivity contribution in [3.8, 4) is 5.75 Å². The number of ether oxygens (including phenoxy) is 1. The summed E-state index contributed by atoms with van der Waals surface area (Å²) in [4.78, 5) is 26.6. The van der Waals surface area contributed by atoms with E-state index in [1.54, 1.807) is 6.08 Å². The molecule has 3 amide bonds. The van der Waals surface area contributed by atoms with Gasteiger partial charge in [0.2, 0.25) is 0 Å². The van der Waals surface area contributed by atoms with Crippen LogP contribution in [0.2, 0.25) is 0 Å². The molecule has 3 aromatic rings. The average molecular weight is 386 g/mol. The standard InChI is InChI=1S/C24H22N2O3/c1-3-29-22-13-12-18-6-4-5-7-19(18)20(22)14-21-23(27)26(24(28)25-21)15-17-10-8-16(2)9-11-17/h4-14H,3,15H2,1-2H3,(H,25,28)/b21-14+. The molecule has 1 heterocycles. The molecule has 0 bridgehead atoms. The van der Waals surface area contributed by atoms with E-state index in [9.17, 15) is 9.59 Å². The Labute approximate surface area is 169 Å². The molecule has 0 aliphatic carbocycles. The van der Waals surface area contributed by atoms with Crippen LogP contribution in [0.1, 0.15) is 23.6 Å². The molecule has 5 heteroatoms. The zero-order valence-corrected chi connectivity index (χ0v) is 16.4. The van der Waals surface area contributed by atoms with Gasteiger partial charge in [0.15, 0.2) is 0 Å². The molecule has 146 valence electrons. The van der Waals surface area contributed by atoms with Gasteiger partial charge >= 0.3 is 6.03 Å². The highest BCUT2D eigenvalue weighted by Crippen LogP contribution is 2.31. The number of fused-ring (bicyclic) bond motifs is 1. The van der Waals surface area contributed by atoms with Crippen molar-refractivity contribution in [2.75, 3.05) is 6.61 Å². The largest absolute Gasteiger partial charge is 0.493 e. The Morgan fingerprint density at radius 2 is 1.76 bits per heavy atom. The SMILES string of the molecule is CCOc1ccc2ccccc2c1/C=C1/NC(=O)N(Cc2ccc(C)cc2)C1=O. The van der Waals surface area contributed by atoms with Crippen LogP contribution in [-0.4, -0.2) is 23.4 Å². The number of benzene rings is 3. The number of nitrogens with one attached hydrogen (secondary N) is 1. The number of nitrogens with zero attached hydrogens (tertiary/aromatic N) is 1. The first-order chi connectivity index (χ1) is 14.1. The van der Waals surface area contributed by atoms with Gasteiger partial charge in [-0.3, -0.25) is 9.69 Å². The second-order valence-electron chi connectivity index (χ2n) is 7.00. The molecule has 1 N–H and O–H groups in total. The summed E-state index contributed by atoms with van der Waals surface area (Å²) < 4.78 is 5.77. The van der Waals surface area contributed by atoms with Crippen molar-refractivity contribution in [1.82, 2.24) is 10.2 Å². The van der Waals surface area contributed by atoms with Gasteiger partial charge in [-0.2, -0.15) is 0 Å². The van der Waals surface area contributed by atoms with Crippen LogP contribution in [0.25, 0.3) is 16.8 Å². The lowest BCUT2D eigenvalue weighted by Gasteiger charge is -2.12. The summed E-state index contributed by atoms with van der Waals surface area (Å²) in [6, 6.07) is 19.1. The molecular weight excluding hydrogens is 364 g/mol.